The first-order chi connectivity index (χ1) is 9.43. The number of rotatable bonds is 3. The second-order valence-corrected chi connectivity index (χ2v) is 3.87. The van der Waals surface area contributed by atoms with E-state index in [-0.39, 0.29) is 11.0 Å². The average Bonchev–Trinajstić information content (AvgIpc) is 2.82. The molecule has 0 unspecified atom stereocenters. The third-order valence-electron chi connectivity index (χ3n) is 2.23. The quantitative estimate of drug-likeness (QED) is 0.489. The molecule has 0 aliphatic heterocycles. The zero-order valence-corrected chi connectivity index (χ0v) is 10.6. The van der Waals surface area contributed by atoms with Crippen molar-refractivity contribution in [2.75, 3.05) is 7.11 Å². The van der Waals surface area contributed by atoms with E-state index in [1.165, 1.54) is 0 Å². The molecular weight excluding hydrogens is 294 g/mol. The summed E-state index contributed by atoms with van der Waals surface area (Å²) in [6, 6.07) is 1.02. The maximum atomic E-state index is 11.7. The van der Waals surface area contributed by atoms with Crippen LogP contribution in [0.1, 0.15) is 10.5 Å². The lowest BCUT2D eigenvalue weighted by molar-refractivity contribution is -0.385. The molecule has 0 saturated carbocycles. The summed E-state index contributed by atoms with van der Waals surface area (Å²) in [4.78, 5) is 33.1. The summed E-state index contributed by atoms with van der Waals surface area (Å²) < 4.78 is 5.18. The van der Waals surface area contributed by atoms with Gasteiger partial charge >= 0.3 is 11.7 Å². The number of nitrogens with zero attached hydrogens (tertiary/aromatic N) is 4. The lowest BCUT2D eigenvalue weighted by atomic mass is 10.4. The highest BCUT2D eigenvalue weighted by atomic mass is 35.5. The molecule has 2 rings (SSSR count). The van der Waals surface area contributed by atoms with Crippen molar-refractivity contribution >= 4 is 23.3 Å². The lowest BCUT2D eigenvalue weighted by Crippen LogP contribution is -2.15. The number of halogens is 1. The molecule has 104 valence electrons. The van der Waals surface area contributed by atoms with Crippen LogP contribution >= 0.6 is 11.6 Å². The van der Waals surface area contributed by atoms with Gasteiger partial charge in [0.2, 0.25) is 16.9 Å². The van der Waals surface area contributed by atoms with Gasteiger partial charge in [-0.2, -0.15) is 10.2 Å². The van der Waals surface area contributed by atoms with E-state index in [1.54, 1.807) is 0 Å². The van der Waals surface area contributed by atoms with Gasteiger partial charge in [-0.05, 0) is 0 Å². The third kappa shape index (κ3) is 2.36. The summed E-state index contributed by atoms with van der Waals surface area (Å²) in [7, 11) is 1.05. The highest BCUT2D eigenvalue weighted by Gasteiger charge is 2.27. The molecular formula is C9H6ClN5O5. The molecule has 0 spiro atoms. The van der Waals surface area contributed by atoms with E-state index in [0.717, 1.165) is 24.1 Å². The second kappa shape index (κ2) is 5.09. The Hall–Kier alpha value is -2.75. The minimum Gasteiger partial charge on any atom is -0.464 e. The van der Waals surface area contributed by atoms with E-state index in [0.29, 0.717) is 0 Å². The number of H-pyrrole nitrogens is 1. The Bertz CT molecular complexity index is 751. The van der Waals surface area contributed by atoms with Gasteiger partial charge in [0.25, 0.3) is 0 Å². The van der Waals surface area contributed by atoms with E-state index in [1.807, 2.05) is 0 Å². The molecule has 0 radical (unpaired) electrons. The number of methoxy groups -OCH3 is 1. The number of carbonyl (C=O) groups excluding carboxylic acids is 1. The van der Waals surface area contributed by atoms with Gasteiger partial charge in [0.15, 0.2) is 0 Å². The zero-order chi connectivity index (χ0) is 14.9. The van der Waals surface area contributed by atoms with Crippen LogP contribution in [0.15, 0.2) is 17.1 Å². The fourth-order valence-corrected chi connectivity index (χ4v) is 1.53. The van der Waals surface area contributed by atoms with Gasteiger partial charge < -0.3 is 4.74 Å². The first kappa shape index (κ1) is 13.7. The molecule has 2 heterocycles. The highest BCUT2D eigenvalue weighted by Crippen LogP contribution is 2.18. The van der Waals surface area contributed by atoms with Crippen LogP contribution in [-0.2, 0) is 4.74 Å². The van der Waals surface area contributed by atoms with Crippen LogP contribution in [0.25, 0.3) is 5.82 Å². The van der Waals surface area contributed by atoms with E-state index >= 15 is 0 Å². The van der Waals surface area contributed by atoms with Gasteiger partial charge in [-0.1, -0.05) is 11.6 Å². The topological polar surface area (TPSA) is 133 Å². The molecule has 0 amide bonds. The van der Waals surface area contributed by atoms with E-state index in [9.17, 15) is 19.7 Å². The number of hydrogen-bond donors (Lipinski definition) is 1. The molecule has 20 heavy (non-hydrogen) atoms. The van der Waals surface area contributed by atoms with Crippen molar-refractivity contribution in [2.45, 2.75) is 0 Å². The number of aromatic nitrogens is 4. The first-order valence-corrected chi connectivity index (χ1v) is 5.39. The summed E-state index contributed by atoms with van der Waals surface area (Å²) in [5.41, 5.74) is -1.76. The maximum absolute atomic E-state index is 11.7. The Morgan fingerprint density at radius 3 is 2.85 bits per heavy atom. The average molecular weight is 300 g/mol. The SMILES string of the molecule is COC(=O)c1nn(-c2n[nH]c(Cl)cc2=O)cc1[N+](=O)[O-]. The van der Waals surface area contributed by atoms with Crippen molar-refractivity contribution in [3.05, 3.63) is 43.4 Å². The lowest BCUT2D eigenvalue weighted by Gasteiger charge is -1.97. The van der Waals surface area contributed by atoms with Crippen LogP contribution in [0, 0.1) is 10.1 Å². The molecule has 0 saturated heterocycles. The normalized spacial score (nSPS) is 10.3. The molecule has 0 aliphatic rings. The number of esters is 1. The van der Waals surface area contributed by atoms with Crippen molar-refractivity contribution in [2.24, 2.45) is 0 Å². The van der Waals surface area contributed by atoms with Crippen molar-refractivity contribution in [1.82, 2.24) is 20.0 Å². The number of ether oxygens (including phenoxy) is 1. The molecule has 2 aromatic heterocycles. The highest BCUT2D eigenvalue weighted by molar-refractivity contribution is 6.29. The Morgan fingerprint density at radius 1 is 1.60 bits per heavy atom. The predicted octanol–water partition coefficient (Wildman–Crippen LogP) is 0.304. The Morgan fingerprint density at radius 2 is 2.30 bits per heavy atom. The fourth-order valence-electron chi connectivity index (χ4n) is 1.39. The summed E-state index contributed by atoms with van der Waals surface area (Å²) in [5.74, 6) is -1.27. The Balaban J connectivity index is 2.61. The standard InChI is InChI=1S/C9H6ClN5O5/c1-20-9(17)7-4(15(18)19)3-14(13-7)8-5(16)2-6(10)11-12-8/h2-3H,1H3,(H,11,16). The Labute approximate surface area is 115 Å². The van der Waals surface area contributed by atoms with E-state index in [2.05, 4.69) is 20.0 Å². The van der Waals surface area contributed by atoms with Gasteiger partial charge in [0, 0.05) is 6.07 Å². The van der Waals surface area contributed by atoms with Crippen LogP contribution in [0.5, 0.6) is 0 Å². The van der Waals surface area contributed by atoms with Crippen LogP contribution in [0.4, 0.5) is 5.69 Å². The minimum absolute atomic E-state index is 0.00593. The maximum Gasteiger partial charge on any atom is 0.365 e. The molecule has 11 heteroatoms. The second-order valence-electron chi connectivity index (χ2n) is 3.46. The van der Waals surface area contributed by atoms with Crippen molar-refractivity contribution in [3.8, 4) is 5.82 Å². The first-order valence-electron chi connectivity index (χ1n) is 5.02. The molecule has 1 N–H and O–H groups in total. The Kier molecular flexibility index (Phi) is 3.48. The van der Waals surface area contributed by atoms with Crippen molar-refractivity contribution in [1.29, 1.82) is 0 Å². The van der Waals surface area contributed by atoms with Gasteiger partial charge in [-0.15, -0.1) is 0 Å². The number of nitrogens with one attached hydrogen (secondary N) is 1. The van der Waals surface area contributed by atoms with Gasteiger partial charge in [0.1, 0.15) is 11.3 Å². The van der Waals surface area contributed by atoms with E-state index < -0.39 is 27.7 Å². The summed E-state index contributed by atoms with van der Waals surface area (Å²) in [5, 5.41) is 20.4. The molecule has 10 nitrogen and oxygen atoms in total. The molecule has 0 fully saturated rings. The van der Waals surface area contributed by atoms with Gasteiger partial charge in [-0.3, -0.25) is 20.0 Å². The molecule has 0 aromatic carbocycles. The van der Waals surface area contributed by atoms with Gasteiger partial charge in [0.05, 0.1) is 12.0 Å². The number of hydrogen-bond acceptors (Lipinski definition) is 7. The third-order valence-corrected chi connectivity index (χ3v) is 2.43. The summed E-state index contributed by atoms with van der Waals surface area (Å²) in [6.07, 6.45) is 0.887. The fraction of sp³-hybridized carbons (Fsp3) is 0.111. The monoisotopic (exact) mass is 299 g/mol. The van der Waals surface area contributed by atoms with E-state index in [4.69, 9.17) is 11.6 Å². The smallest absolute Gasteiger partial charge is 0.365 e. The summed E-state index contributed by atoms with van der Waals surface area (Å²) in [6.45, 7) is 0. The number of carbonyl (C=O) groups is 1. The number of nitro groups is 1. The van der Waals surface area contributed by atoms with Crippen molar-refractivity contribution < 1.29 is 14.5 Å². The zero-order valence-electron chi connectivity index (χ0n) is 9.86. The van der Waals surface area contributed by atoms with Crippen molar-refractivity contribution in [3.63, 3.8) is 0 Å². The van der Waals surface area contributed by atoms with Crippen LogP contribution in [-0.4, -0.2) is 38.0 Å². The molecule has 0 bridgehead atoms. The van der Waals surface area contributed by atoms with Crippen LogP contribution in [0.3, 0.4) is 0 Å². The minimum atomic E-state index is -0.999. The largest absolute Gasteiger partial charge is 0.464 e. The number of aromatic amines is 1. The van der Waals surface area contributed by atoms with Crippen LogP contribution in [0.2, 0.25) is 5.15 Å². The molecule has 2 aromatic rings. The van der Waals surface area contributed by atoms with Crippen LogP contribution < -0.4 is 5.43 Å². The molecule has 0 aliphatic carbocycles. The predicted molar refractivity (Wildman–Crippen MR) is 65.0 cm³/mol. The van der Waals surface area contributed by atoms with Gasteiger partial charge in [-0.25, -0.2) is 9.48 Å². The molecule has 0 atom stereocenters. The summed E-state index contributed by atoms with van der Waals surface area (Å²) >= 11 is 5.53.